The summed E-state index contributed by atoms with van der Waals surface area (Å²) in [4.78, 5) is 36.2. The Morgan fingerprint density at radius 2 is 1.82 bits per heavy atom. The Labute approximate surface area is 165 Å². The van der Waals surface area contributed by atoms with Crippen molar-refractivity contribution < 1.29 is 19.1 Å². The van der Waals surface area contributed by atoms with E-state index in [4.69, 9.17) is 15.9 Å². The Morgan fingerprint density at radius 3 is 2.39 bits per heavy atom. The van der Waals surface area contributed by atoms with Gasteiger partial charge >= 0.3 is 11.8 Å². The lowest BCUT2D eigenvalue weighted by Crippen LogP contribution is -2.42. The molecule has 0 saturated heterocycles. The van der Waals surface area contributed by atoms with E-state index in [0.29, 0.717) is 15.6 Å². The average Bonchev–Trinajstić information content (AvgIpc) is 3.14. The summed E-state index contributed by atoms with van der Waals surface area (Å²) in [5.41, 5.74) is 6.22. The van der Waals surface area contributed by atoms with Crippen LogP contribution < -0.4 is 26.4 Å². The third-order valence-corrected chi connectivity index (χ3v) is 4.75. The minimum atomic E-state index is -0.940. The second-order valence-electron chi connectivity index (χ2n) is 5.78. The molecule has 1 heterocycles. The Kier molecular flexibility index (Phi) is 7.10. The third-order valence-electron chi connectivity index (χ3n) is 3.72. The van der Waals surface area contributed by atoms with Gasteiger partial charge in [-0.25, -0.2) is 0 Å². The molecule has 1 aromatic heterocycles. The van der Waals surface area contributed by atoms with Crippen molar-refractivity contribution in [1.29, 1.82) is 5.41 Å². The van der Waals surface area contributed by atoms with Crippen molar-refractivity contribution in [2.75, 3.05) is 19.0 Å². The van der Waals surface area contributed by atoms with Gasteiger partial charge < -0.3 is 26.4 Å². The fraction of sp³-hybridized carbons (Fsp3) is 0.222. The number of nitrogens with one attached hydrogen (secondary N) is 4. The zero-order chi connectivity index (χ0) is 20.7. The topological polar surface area (TPSA) is 146 Å². The van der Waals surface area contributed by atoms with Gasteiger partial charge in [0.15, 0.2) is 0 Å². The fourth-order valence-corrected chi connectivity index (χ4v) is 2.99. The number of thiophene rings is 1. The number of carbonyl (C=O) groups excluding carboxylic acids is 3. The van der Waals surface area contributed by atoms with Gasteiger partial charge in [-0.05, 0) is 36.8 Å². The number of methoxy groups -OCH3 is 1. The molecule has 0 aliphatic heterocycles. The molecule has 3 amide bonds. The van der Waals surface area contributed by atoms with Crippen LogP contribution in [0.25, 0.3) is 0 Å². The number of amidine groups is 1. The van der Waals surface area contributed by atoms with E-state index < -0.39 is 17.7 Å². The summed E-state index contributed by atoms with van der Waals surface area (Å²) in [5, 5.41) is 15.1. The molecule has 2 aromatic rings. The molecule has 1 atom stereocenters. The summed E-state index contributed by atoms with van der Waals surface area (Å²) in [5.74, 6) is -1.70. The van der Waals surface area contributed by atoms with Crippen LogP contribution in [-0.2, 0) is 14.4 Å². The fourth-order valence-electron chi connectivity index (χ4n) is 2.23. The molecule has 0 fully saturated rings. The van der Waals surface area contributed by atoms with Gasteiger partial charge in [-0.2, -0.15) is 0 Å². The molecule has 0 radical (unpaired) electrons. The second kappa shape index (κ2) is 9.51. The average molecular weight is 403 g/mol. The SMILES string of the molecule is COc1ccc([C@@H](C)NC(=O)CNC(=O)C(=O)Nc2ccc(C(=N)N)s2)cc1. The van der Waals surface area contributed by atoms with Crippen LogP contribution in [0.4, 0.5) is 5.00 Å². The van der Waals surface area contributed by atoms with Gasteiger partial charge in [-0.1, -0.05) is 12.1 Å². The standard InChI is InChI=1S/C18H21N5O4S/c1-10(11-3-5-12(27-2)6-4-11)22-14(24)9-21-17(25)18(26)23-15-8-7-13(28-15)16(19)20/h3-8,10H,9H2,1-2H3,(H3,19,20)(H,21,25)(H,22,24)(H,23,26)/t10-/m1/s1. The van der Waals surface area contributed by atoms with Crippen LogP contribution in [0.1, 0.15) is 23.4 Å². The smallest absolute Gasteiger partial charge is 0.314 e. The molecule has 0 saturated carbocycles. The van der Waals surface area contributed by atoms with Crippen molar-refractivity contribution in [3.05, 3.63) is 46.8 Å². The van der Waals surface area contributed by atoms with E-state index in [1.807, 2.05) is 12.1 Å². The number of carbonyl (C=O) groups is 3. The number of anilines is 1. The molecule has 148 valence electrons. The predicted octanol–water partition coefficient (Wildman–Crippen LogP) is 0.973. The van der Waals surface area contributed by atoms with E-state index >= 15 is 0 Å². The summed E-state index contributed by atoms with van der Waals surface area (Å²) in [6.45, 7) is 1.47. The summed E-state index contributed by atoms with van der Waals surface area (Å²) < 4.78 is 5.08. The number of rotatable bonds is 7. The molecule has 28 heavy (non-hydrogen) atoms. The van der Waals surface area contributed by atoms with E-state index in [0.717, 1.165) is 16.9 Å². The normalized spacial score (nSPS) is 11.2. The first-order valence-corrected chi connectivity index (χ1v) is 9.08. The molecule has 0 spiro atoms. The van der Waals surface area contributed by atoms with Crippen LogP contribution in [0, 0.1) is 5.41 Å². The molecular weight excluding hydrogens is 382 g/mol. The van der Waals surface area contributed by atoms with Crippen LogP contribution in [0.3, 0.4) is 0 Å². The minimum Gasteiger partial charge on any atom is -0.497 e. The first-order chi connectivity index (χ1) is 13.3. The van der Waals surface area contributed by atoms with Crippen molar-refractivity contribution >= 4 is 39.9 Å². The number of ether oxygens (including phenoxy) is 1. The molecule has 6 N–H and O–H groups in total. The van der Waals surface area contributed by atoms with Crippen LogP contribution in [0.2, 0.25) is 0 Å². The Bertz CT molecular complexity index is 878. The molecule has 9 nitrogen and oxygen atoms in total. The third kappa shape index (κ3) is 5.81. The zero-order valence-electron chi connectivity index (χ0n) is 15.4. The van der Waals surface area contributed by atoms with Gasteiger partial charge in [0.05, 0.1) is 29.6 Å². The van der Waals surface area contributed by atoms with Gasteiger partial charge in [-0.3, -0.25) is 19.8 Å². The first-order valence-electron chi connectivity index (χ1n) is 8.27. The van der Waals surface area contributed by atoms with Gasteiger partial charge in [0.1, 0.15) is 11.6 Å². The van der Waals surface area contributed by atoms with Gasteiger partial charge in [0, 0.05) is 0 Å². The maximum absolute atomic E-state index is 12.0. The van der Waals surface area contributed by atoms with E-state index in [-0.39, 0.29) is 18.4 Å². The highest BCUT2D eigenvalue weighted by Crippen LogP contribution is 2.21. The largest absolute Gasteiger partial charge is 0.497 e. The summed E-state index contributed by atoms with van der Waals surface area (Å²) in [6, 6.07) is 10.0. The monoisotopic (exact) mass is 403 g/mol. The van der Waals surface area contributed by atoms with Crippen LogP contribution in [0.5, 0.6) is 5.75 Å². The van der Waals surface area contributed by atoms with Crippen molar-refractivity contribution in [1.82, 2.24) is 10.6 Å². The van der Waals surface area contributed by atoms with Crippen molar-refractivity contribution in [2.24, 2.45) is 5.73 Å². The number of amides is 3. The molecular formula is C18H21N5O4S. The molecule has 0 aliphatic carbocycles. The Hall–Kier alpha value is -3.40. The van der Waals surface area contributed by atoms with Crippen molar-refractivity contribution in [3.63, 3.8) is 0 Å². The van der Waals surface area contributed by atoms with Gasteiger partial charge in [0.25, 0.3) is 0 Å². The van der Waals surface area contributed by atoms with Gasteiger partial charge in [0.2, 0.25) is 5.91 Å². The maximum Gasteiger partial charge on any atom is 0.314 e. The number of nitrogen functional groups attached to an aromatic ring is 1. The van der Waals surface area contributed by atoms with Gasteiger partial charge in [-0.15, -0.1) is 11.3 Å². The molecule has 2 rings (SSSR count). The minimum absolute atomic E-state index is 0.127. The second-order valence-corrected chi connectivity index (χ2v) is 6.86. The van der Waals surface area contributed by atoms with Crippen LogP contribution >= 0.6 is 11.3 Å². The van der Waals surface area contributed by atoms with Crippen LogP contribution in [-0.4, -0.2) is 37.2 Å². The molecule has 0 aliphatic rings. The quantitative estimate of drug-likeness (QED) is 0.266. The number of hydrogen-bond donors (Lipinski definition) is 5. The van der Waals surface area contributed by atoms with E-state index in [1.54, 1.807) is 32.2 Å². The number of benzene rings is 1. The highest BCUT2D eigenvalue weighted by atomic mass is 32.1. The predicted molar refractivity (Wildman–Crippen MR) is 107 cm³/mol. The molecule has 0 bridgehead atoms. The molecule has 1 aromatic carbocycles. The van der Waals surface area contributed by atoms with Crippen LogP contribution in [0.15, 0.2) is 36.4 Å². The molecule has 10 heteroatoms. The molecule has 0 unspecified atom stereocenters. The summed E-state index contributed by atoms with van der Waals surface area (Å²) in [6.07, 6.45) is 0. The lowest BCUT2D eigenvalue weighted by molar-refractivity contribution is -0.136. The zero-order valence-corrected chi connectivity index (χ0v) is 16.2. The Balaban J connectivity index is 1.79. The van der Waals surface area contributed by atoms with E-state index in [2.05, 4.69) is 16.0 Å². The van der Waals surface area contributed by atoms with Crippen molar-refractivity contribution in [2.45, 2.75) is 13.0 Å². The Morgan fingerprint density at radius 1 is 1.14 bits per heavy atom. The number of nitrogens with two attached hydrogens (primary N) is 1. The number of hydrogen-bond acceptors (Lipinski definition) is 6. The lowest BCUT2D eigenvalue weighted by atomic mass is 10.1. The highest BCUT2D eigenvalue weighted by Gasteiger charge is 2.17. The summed E-state index contributed by atoms with van der Waals surface area (Å²) in [7, 11) is 1.57. The maximum atomic E-state index is 12.0. The van der Waals surface area contributed by atoms with E-state index in [9.17, 15) is 14.4 Å². The van der Waals surface area contributed by atoms with Crippen molar-refractivity contribution in [3.8, 4) is 5.75 Å². The summed E-state index contributed by atoms with van der Waals surface area (Å²) >= 11 is 1.07. The van der Waals surface area contributed by atoms with E-state index in [1.165, 1.54) is 6.07 Å². The first kappa shape index (κ1) is 20.9. The lowest BCUT2D eigenvalue weighted by Gasteiger charge is -2.15. The highest BCUT2D eigenvalue weighted by molar-refractivity contribution is 7.18.